The van der Waals surface area contributed by atoms with Crippen LogP contribution in [0.1, 0.15) is 32.6 Å². The summed E-state index contributed by atoms with van der Waals surface area (Å²) in [6.07, 6.45) is 5.12. The summed E-state index contributed by atoms with van der Waals surface area (Å²) in [5.74, 6) is -0.103. The van der Waals surface area contributed by atoms with Crippen LogP contribution in [-0.4, -0.2) is 34.7 Å². The second-order valence-corrected chi connectivity index (χ2v) is 5.39. The van der Waals surface area contributed by atoms with Crippen molar-refractivity contribution in [2.45, 2.75) is 43.4 Å². The zero-order valence-electron chi connectivity index (χ0n) is 8.88. The van der Waals surface area contributed by atoms with E-state index in [4.69, 9.17) is 5.11 Å². The van der Waals surface area contributed by atoms with E-state index in [1.807, 2.05) is 0 Å². The van der Waals surface area contributed by atoms with Crippen LogP contribution in [-0.2, 0) is 4.79 Å². The summed E-state index contributed by atoms with van der Waals surface area (Å²) < 4.78 is 0. The van der Waals surface area contributed by atoms with Gasteiger partial charge in [0.15, 0.2) is 0 Å². The topological polar surface area (TPSA) is 49.3 Å². The van der Waals surface area contributed by atoms with Gasteiger partial charge in [-0.05, 0) is 26.8 Å². The van der Waals surface area contributed by atoms with Crippen LogP contribution in [0.25, 0.3) is 0 Å². The zero-order chi connectivity index (χ0) is 10.6. The summed E-state index contributed by atoms with van der Waals surface area (Å²) in [4.78, 5) is 11.0. The molecule has 0 saturated heterocycles. The Morgan fingerprint density at radius 1 is 1.57 bits per heavy atom. The van der Waals surface area contributed by atoms with Gasteiger partial charge >= 0.3 is 5.97 Å². The lowest BCUT2D eigenvalue weighted by atomic mass is 10.1. The van der Waals surface area contributed by atoms with E-state index >= 15 is 0 Å². The van der Waals surface area contributed by atoms with Crippen LogP contribution in [0, 0.1) is 0 Å². The van der Waals surface area contributed by atoms with E-state index in [9.17, 15) is 4.79 Å². The number of rotatable bonds is 5. The summed E-state index contributed by atoms with van der Waals surface area (Å²) in [6, 6.07) is 0. The number of thioether (sulfide) groups is 1. The molecule has 0 spiro atoms. The number of hydrogen-bond acceptors (Lipinski definition) is 3. The first-order chi connectivity index (χ1) is 6.58. The van der Waals surface area contributed by atoms with Crippen molar-refractivity contribution in [1.29, 1.82) is 0 Å². The molecule has 0 bridgehead atoms. The lowest BCUT2D eigenvalue weighted by molar-refractivity contribution is -0.142. The molecule has 0 amide bonds. The van der Waals surface area contributed by atoms with E-state index in [1.165, 1.54) is 25.7 Å². The number of likely N-dealkylation sites (N-methyl/N-ethyl adjacent to an activating group) is 1. The average molecular weight is 217 g/mol. The average Bonchev–Trinajstić information content (AvgIpc) is 2.66. The van der Waals surface area contributed by atoms with Crippen molar-refractivity contribution >= 4 is 17.7 Å². The van der Waals surface area contributed by atoms with Crippen LogP contribution >= 0.6 is 11.8 Å². The number of hydrogen-bond donors (Lipinski definition) is 2. The Labute approximate surface area is 89.6 Å². The lowest BCUT2D eigenvalue weighted by Gasteiger charge is -2.25. The van der Waals surface area contributed by atoms with Crippen LogP contribution < -0.4 is 5.32 Å². The van der Waals surface area contributed by atoms with E-state index in [0.29, 0.717) is 11.0 Å². The number of carbonyl (C=O) groups is 1. The standard InChI is InChI=1S/C10H19NO2S/c1-10(11-2,9(12)13)7-14-8-5-3-4-6-8/h8,11H,3-7H2,1-2H3,(H,12,13). The van der Waals surface area contributed by atoms with Crippen molar-refractivity contribution in [3.8, 4) is 0 Å². The first-order valence-electron chi connectivity index (χ1n) is 5.12. The third-order valence-corrected chi connectivity index (χ3v) is 4.62. The predicted octanol–water partition coefficient (Wildman–Crippen LogP) is 1.72. The maximum Gasteiger partial charge on any atom is 0.324 e. The molecule has 14 heavy (non-hydrogen) atoms. The Morgan fingerprint density at radius 3 is 2.57 bits per heavy atom. The molecule has 0 aromatic heterocycles. The Balaban J connectivity index is 2.36. The monoisotopic (exact) mass is 217 g/mol. The van der Waals surface area contributed by atoms with Gasteiger partial charge in [0, 0.05) is 11.0 Å². The van der Waals surface area contributed by atoms with Gasteiger partial charge in [-0.1, -0.05) is 12.8 Å². The molecule has 82 valence electrons. The zero-order valence-corrected chi connectivity index (χ0v) is 9.69. The minimum atomic E-state index is -0.771. The molecule has 1 unspecified atom stereocenters. The van der Waals surface area contributed by atoms with Crippen LogP contribution in [0.4, 0.5) is 0 Å². The largest absolute Gasteiger partial charge is 0.480 e. The van der Waals surface area contributed by atoms with Crippen molar-refractivity contribution < 1.29 is 9.90 Å². The minimum Gasteiger partial charge on any atom is -0.480 e. The highest BCUT2D eigenvalue weighted by molar-refractivity contribution is 8.00. The van der Waals surface area contributed by atoms with Crippen LogP contribution in [0.2, 0.25) is 0 Å². The molecule has 0 aromatic rings. The van der Waals surface area contributed by atoms with Crippen molar-refractivity contribution in [1.82, 2.24) is 5.32 Å². The number of carboxylic acids is 1. The van der Waals surface area contributed by atoms with E-state index in [2.05, 4.69) is 5.32 Å². The molecule has 1 rings (SSSR count). The Morgan fingerprint density at radius 2 is 2.14 bits per heavy atom. The summed E-state index contributed by atoms with van der Waals surface area (Å²) in [6.45, 7) is 1.75. The Kier molecular flexibility index (Phi) is 4.26. The van der Waals surface area contributed by atoms with Crippen molar-refractivity contribution in [3.63, 3.8) is 0 Å². The fourth-order valence-electron chi connectivity index (χ4n) is 1.58. The molecule has 2 N–H and O–H groups in total. The Hall–Kier alpha value is -0.220. The van der Waals surface area contributed by atoms with Crippen LogP contribution in [0.15, 0.2) is 0 Å². The van der Waals surface area contributed by atoms with Gasteiger partial charge in [0.05, 0.1) is 0 Å². The van der Waals surface area contributed by atoms with Crippen molar-refractivity contribution in [2.75, 3.05) is 12.8 Å². The van der Waals surface area contributed by atoms with Gasteiger partial charge in [-0.25, -0.2) is 0 Å². The second-order valence-electron chi connectivity index (χ2n) is 4.10. The first kappa shape index (κ1) is 11.9. The quantitative estimate of drug-likeness (QED) is 0.736. The summed E-state index contributed by atoms with van der Waals surface area (Å²) in [7, 11) is 1.71. The number of nitrogens with one attached hydrogen (secondary N) is 1. The molecule has 1 fully saturated rings. The second kappa shape index (κ2) is 5.03. The number of carboxylic acid groups (broad SMARTS) is 1. The molecule has 1 atom stereocenters. The molecule has 3 nitrogen and oxygen atoms in total. The fraction of sp³-hybridized carbons (Fsp3) is 0.900. The summed E-state index contributed by atoms with van der Waals surface area (Å²) in [5.41, 5.74) is -0.771. The predicted molar refractivity (Wildman–Crippen MR) is 59.8 cm³/mol. The van der Waals surface area contributed by atoms with E-state index in [-0.39, 0.29) is 0 Å². The van der Waals surface area contributed by atoms with Crippen molar-refractivity contribution in [3.05, 3.63) is 0 Å². The highest BCUT2D eigenvalue weighted by Gasteiger charge is 2.32. The molecular weight excluding hydrogens is 198 g/mol. The molecule has 1 aliphatic rings. The van der Waals surface area contributed by atoms with E-state index < -0.39 is 11.5 Å². The molecule has 1 saturated carbocycles. The lowest BCUT2D eigenvalue weighted by Crippen LogP contribution is -2.50. The van der Waals surface area contributed by atoms with Crippen LogP contribution in [0.5, 0.6) is 0 Å². The van der Waals surface area contributed by atoms with E-state index in [0.717, 1.165) is 0 Å². The minimum absolute atomic E-state index is 0.656. The van der Waals surface area contributed by atoms with Crippen molar-refractivity contribution in [2.24, 2.45) is 0 Å². The molecule has 0 aromatic carbocycles. The smallest absolute Gasteiger partial charge is 0.324 e. The van der Waals surface area contributed by atoms with Gasteiger partial charge in [-0.3, -0.25) is 4.79 Å². The highest BCUT2D eigenvalue weighted by atomic mass is 32.2. The first-order valence-corrected chi connectivity index (χ1v) is 6.17. The molecule has 0 heterocycles. The van der Waals surface area contributed by atoms with Gasteiger partial charge < -0.3 is 10.4 Å². The van der Waals surface area contributed by atoms with Gasteiger partial charge in [-0.2, -0.15) is 11.8 Å². The molecule has 4 heteroatoms. The third kappa shape index (κ3) is 2.89. The van der Waals surface area contributed by atoms with Gasteiger partial charge in [0.2, 0.25) is 0 Å². The SMILES string of the molecule is CNC(C)(CSC1CCCC1)C(=O)O. The van der Waals surface area contributed by atoms with Gasteiger partial charge in [0.1, 0.15) is 5.54 Å². The normalized spacial score (nSPS) is 22.1. The van der Waals surface area contributed by atoms with Gasteiger partial charge in [-0.15, -0.1) is 0 Å². The Bertz CT molecular complexity index is 204. The number of aliphatic carboxylic acids is 1. The molecule has 0 radical (unpaired) electrons. The molecule has 1 aliphatic carbocycles. The fourth-order valence-corrected chi connectivity index (χ4v) is 3.08. The maximum absolute atomic E-state index is 11.0. The molecular formula is C10H19NO2S. The van der Waals surface area contributed by atoms with Crippen LogP contribution in [0.3, 0.4) is 0 Å². The van der Waals surface area contributed by atoms with Gasteiger partial charge in [0.25, 0.3) is 0 Å². The maximum atomic E-state index is 11.0. The molecule has 0 aliphatic heterocycles. The highest BCUT2D eigenvalue weighted by Crippen LogP contribution is 2.31. The third-order valence-electron chi connectivity index (χ3n) is 2.93. The summed E-state index contributed by atoms with van der Waals surface area (Å²) >= 11 is 1.80. The van der Waals surface area contributed by atoms with E-state index in [1.54, 1.807) is 25.7 Å². The summed E-state index contributed by atoms with van der Waals surface area (Å²) in [5, 5.41) is 12.6.